The monoisotopic (exact) mass is 273 g/mol. The van der Waals surface area contributed by atoms with E-state index in [1.54, 1.807) is 29.3 Å². The summed E-state index contributed by atoms with van der Waals surface area (Å²) in [7, 11) is 0. The summed E-state index contributed by atoms with van der Waals surface area (Å²) >= 11 is 3.33. The van der Waals surface area contributed by atoms with Gasteiger partial charge in [0.15, 0.2) is 4.34 Å². The lowest BCUT2D eigenvalue weighted by atomic mass is 10.1. The van der Waals surface area contributed by atoms with E-state index in [0.717, 1.165) is 31.4 Å². The van der Waals surface area contributed by atoms with Gasteiger partial charge < -0.3 is 5.73 Å². The predicted molar refractivity (Wildman–Crippen MR) is 77.1 cm³/mol. The van der Waals surface area contributed by atoms with Crippen LogP contribution in [0.3, 0.4) is 0 Å². The van der Waals surface area contributed by atoms with Crippen LogP contribution in [0.1, 0.15) is 5.69 Å². The van der Waals surface area contributed by atoms with Crippen molar-refractivity contribution in [2.24, 2.45) is 0 Å². The number of aromatic nitrogens is 2. The standard InChI is InChI=1S/C13H11N3S2/c1-8-7-17-13(16-8)18-12-3-2-11(14)10-6-15-5-4-9(10)12/h2-7H,14H2,1H3. The highest BCUT2D eigenvalue weighted by Crippen LogP contribution is 2.36. The van der Waals surface area contributed by atoms with E-state index in [1.807, 2.05) is 31.3 Å². The SMILES string of the molecule is Cc1csc(Sc2ccc(N)c3cnccc23)n1. The van der Waals surface area contributed by atoms with E-state index in [4.69, 9.17) is 5.73 Å². The third-order valence-corrected chi connectivity index (χ3v) is 4.74. The third kappa shape index (κ3) is 2.07. The predicted octanol–water partition coefficient (Wildman–Crippen LogP) is 3.73. The van der Waals surface area contributed by atoms with Crippen molar-refractivity contribution < 1.29 is 0 Å². The minimum absolute atomic E-state index is 0.762. The van der Waals surface area contributed by atoms with Gasteiger partial charge in [-0.3, -0.25) is 4.98 Å². The zero-order chi connectivity index (χ0) is 12.5. The molecule has 3 aromatic rings. The minimum Gasteiger partial charge on any atom is -0.398 e. The number of nitrogens with two attached hydrogens (primary N) is 1. The summed E-state index contributed by atoms with van der Waals surface area (Å²) in [5.41, 5.74) is 7.78. The summed E-state index contributed by atoms with van der Waals surface area (Å²) in [4.78, 5) is 9.76. The number of anilines is 1. The molecule has 0 saturated carbocycles. The molecule has 0 aliphatic rings. The topological polar surface area (TPSA) is 51.8 Å². The number of nitrogen functional groups attached to an aromatic ring is 1. The zero-order valence-electron chi connectivity index (χ0n) is 9.75. The molecular formula is C13H11N3S2. The number of pyridine rings is 1. The van der Waals surface area contributed by atoms with E-state index in [1.165, 1.54) is 0 Å². The van der Waals surface area contributed by atoms with Gasteiger partial charge in [0.1, 0.15) is 0 Å². The molecule has 2 aromatic heterocycles. The van der Waals surface area contributed by atoms with E-state index in [-0.39, 0.29) is 0 Å². The van der Waals surface area contributed by atoms with Crippen molar-refractivity contribution >= 4 is 39.6 Å². The summed E-state index contributed by atoms with van der Waals surface area (Å²) in [5, 5.41) is 4.18. The molecule has 0 radical (unpaired) electrons. The number of hydrogen-bond acceptors (Lipinski definition) is 5. The van der Waals surface area contributed by atoms with Gasteiger partial charge in [-0.05, 0) is 25.1 Å². The smallest absolute Gasteiger partial charge is 0.154 e. The molecule has 3 nitrogen and oxygen atoms in total. The maximum Gasteiger partial charge on any atom is 0.154 e. The Balaban J connectivity index is 2.09. The highest BCUT2D eigenvalue weighted by molar-refractivity contribution is 8.01. The van der Waals surface area contributed by atoms with Crippen molar-refractivity contribution in [1.29, 1.82) is 0 Å². The number of aryl methyl sites for hydroxylation is 1. The van der Waals surface area contributed by atoms with Crippen molar-refractivity contribution in [3.8, 4) is 0 Å². The van der Waals surface area contributed by atoms with Gasteiger partial charge in [-0.15, -0.1) is 11.3 Å². The van der Waals surface area contributed by atoms with Crippen LogP contribution >= 0.6 is 23.1 Å². The normalized spacial score (nSPS) is 10.9. The average Bonchev–Trinajstić information content (AvgIpc) is 2.79. The highest BCUT2D eigenvalue weighted by Gasteiger charge is 2.07. The first-order chi connectivity index (χ1) is 8.74. The van der Waals surface area contributed by atoms with Crippen LogP contribution in [0, 0.1) is 6.92 Å². The Hall–Kier alpha value is -1.59. The fourth-order valence-electron chi connectivity index (χ4n) is 1.75. The number of rotatable bonds is 2. The number of thiazole rings is 1. The van der Waals surface area contributed by atoms with E-state index in [9.17, 15) is 0 Å². The summed E-state index contributed by atoms with van der Waals surface area (Å²) in [5.74, 6) is 0. The van der Waals surface area contributed by atoms with Crippen LogP contribution in [0.2, 0.25) is 0 Å². The molecule has 3 rings (SSSR count). The van der Waals surface area contributed by atoms with Gasteiger partial charge in [-0.1, -0.05) is 11.8 Å². The Bertz CT molecular complexity index is 706. The van der Waals surface area contributed by atoms with Crippen LogP contribution in [-0.4, -0.2) is 9.97 Å². The molecule has 1 aromatic carbocycles. The summed E-state index contributed by atoms with van der Waals surface area (Å²) in [6, 6.07) is 5.96. The lowest BCUT2D eigenvalue weighted by Gasteiger charge is -2.06. The van der Waals surface area contributed by atoms with Crippen LogP contribution in [0.4, 0.5) is 5.69 Å². The van der Waals surface area contributed by atoms with Crippen LogP contribution in [0.25, 0.3) is 10.8 Å². The average molecular weight is 273 g/mol. The Morgan fingerprint density at radius 1 is 1.22 bits per heavy atom. The summed E-state index contributed by atoms with van der Waals surface area (Å²) in [6.45, 7) is 2.01. The van der Waals surface area contributed by atoms with E-state index in [0.29, 0.717) is 0 Å². The van der Waals surface area contributed by atoms with Crippen molar-refractivity contribution in [1.82, 2.24) is 9.97 Å². The Labute approximate surface area is 113 Å². The molecule has 0 fully saturated rings. The van der Waals surface area contributed by atoms with Crippen LogP contribution < -0.4 is 5.73 Å². The largest absolute Gasteiger partial charge is 0.398 e. The van der Waals surface area contributed by atoms with Gasteiger partial charge >= 0.3 is 0 Å². The molecule has 2 heterocycles. The molecule has 0 aliphatic carbocycles. The van der Waals surface area contributed by atoms with Crippen molar-refractivity contribution in [3.63, 3.8) is 0 Å². The van der Waals surface area contributed by atoms with E-state index < -0.39 is 0 Å². The van der Waals surface area contributed by atoms with Crippen LogP contribution in [-0.2, 0) is 0 Å². The van der Waals surface area contributed by atoms with E-state index >= 15 is 0 Å². The third-order valence-electron chi connectivity index (χ3n) is 2.61. The van der Waals surface area contributed by atoms with Crippen molar-refractivity contribution in [2.45, 2.75) is 16.2 Å². The van der Waals surface area contributed by atoms with Crippen molar-refractivity contribution in [2.75, 3.05) is 5.73 Å². The maximum absolute atomic E-state index is 5.96. The van der Waals surface area contributed by atoms with Gasteiger partial charge in [0.25, 0.3) is 0 Å². The summed E-state index contributed by atoms with van der Waals surface area (Å²) < 4.78 is 1.05. The zero-order valence-corrected chi connectivity index (χ0v) is 11.4. The second-order valence-electron chi connectivity index (χ2n) is 3.93. The molecule has 5 heteroatoms. The first-order valence-corrected chi connectivity index (χ1v) is 7.16. The number of nitrogens with zero attached hydrogens (tertiary/aromatic N) is 2. The Morgan fingerprint density at radius 3 is 2.89 bits per heavy atom. The minimum atomic E-state index is 0.762. The lowest BCUT2D eigenvalue weighted by Crippen LogP contribution is -1.88. The molecule has 90 valence electrons. The lowest BCUT2D eigenvalue weighted by molar-refractivity contribution is 1.16. The quantitative estimate of drug-likeness (QED) is 0.723. The molecule has 2 N–H and O–H groups in total. The number of fused-ring (bicyclic) bond motifs is 1. The first kappa shape index (κ1) is 11.5. The van der Waals surface area contributed by atoms with Gasteiger partial charge in [-0.2, -0.15) is 0 Å². The van der Waals surface area contributed by atoms with Gasteiger partial charge in [0.2, 0.25) is 0 Å². The number of hydrogen-bond donors (Lipinski definition) is 1. The second-order valence-corrected chi connectivity index (χ2v) is 6.08. The fraction of sp³-hybridized carbons (Fsp3) is 0.0769. The molecular weight excluding hydrogens is 262 g/mol. The fourth-order valence-corrected chi connectivity index (χ4v) is 3.68. The second kappa shape index (κ2) is 4.59. The molecule has 0 saturated heterocycles. The molecule has 18 heavy (non-hydrogen) atoms. The molecule has 0 amide bonds. The molecule has 0 spiro atoms. The maximum atomic E-state index is 5.96. The molecule has 0 unspecified atom stereocenters. The molecule has 0 aliphatic heterocycles. The van der Waals surface area contributed by atoms with Gasteiger partial charge in [0, 0.05) is 44.8 Å². The summed E-state index contributed by atoms with van der Waals surface area (Å²) in [6.07, 6.45) is 3.60. The van der Waals surface area contributed by atoms with Gasteiger partial charge in [-0.25, -0.2) is 4.98 Å². The van der Waals surface area contributed by atoms with Crippen LogP contribution in [0.15, 0.2) is 45.2 Å². The molecule has 0 atom stereocenters. The highest BCUT2D eigenvalue weighted by atomic mass is 32.2. The van der Waals surface area contributed by atoms with E-state index in [2.05, 4.69) is 15.3 Å². The Morgan fingerprint density at radius 2 is 2.11 bits per heavy atom. The molecule has 0 bridgehead atoms. The first-order valence-electron chi connectivity index (χ1n) is 5.46. The Kier molecular flexibility index (Phi) is 2.93. The number of benzene rings is 1. The van der Waals surface area contributed by atoms with Crippen LogP contribution in [0.5, 0.6) is 0 Å². The van der Waals surface area contributed by atoms with Gasteiger partial charge in [0.05, 0.1) is 0 Å². The van der Waals surface area contributed by atoms with Crippen molar-refractivity contribution in [3.05, 3.63) is 41.7 Å².